The lowest BCUT2D eigenvalue weighted by atomic mass is 10.1. The third-order valence-electron chi connectivity index (χ3n) is 3.71. The van der Waals surface area contributed by atoms with E-state index in [0.29, 0.717) is 10.7 Å². The van der Waals surface area contributed by atoms with Gasteiger partial charge in [-0.3, -0.25) is 10.1 Å². The van der Waals surface area contributed by atoms with Crippen molar-refractivity contribution in [2.45, 2.75) is 6.92 Å². The summed E-state index contributed by atoms with van der Waals surface area (Å²) in [6.07, 6.45) is 10.9. The molecule has 0 aliphatic heterocycles. The maximum absolute atomic E-state index is 12.4. The number of nitrogens with zero attached hydrogens (tertiary/aromatic N) is 4. The van der Waals surface area contributed by atoms with Crippen molar-refractivity contribution in [3.05, 3.63) is 85.3 Å². The highest BCUT2D eigenvalue weighted by atomic mass is 32.1. The molecule has 0 saturated heterocycles. The first-order valence-corrected chi connectivity index (χ1v) is 8.48. The number of aryl methyl sites for hydroxylation is 1. The summed E-state index contributed by atoms with van der Waals surface area (Å²) in [7, 11) is 0. The van der Waals surface area contributed by atoms with E-state index in [-0.39, 0.29) is 5.91 Å². The lowest BCUT2D eigenvalue weighted by Crippen LogP contribution is -2.11. The number of hydrogen-bond donors (Lipinski definition) is 1. The predicted octanol–water partition coefficient (Wildman–Crippen LogP) is 3.04. The van der Waals surface area contributed by atoms with Crippen LogP contribution in [0.2, 0.25) is 0 Å². The number of hydrogen-bond acceptors (Lipinski definition) is 5. The Morgan fingerprint density at radius 1 is 1.16 bits per heavy atom. The molecule has 7 heteroatoms. The van der Waals surface area contributed by atoms with Crippen LogP contribution in [0.3, 0.4) is 0 Å². The largest absolute Gasteiger partial charge is 0.298 e. The number of benzene rings is 1. The minimum absolute atomic E-state index is 0.187. The highest BCUT2D eigenvalue weighted by Crippen LogP contribution is 2.37. The van der Waals surface area contributed by atoms with Crippen LogP contribution in [-0.2, 0) is 0 Å². The molecule has 0 unspecified atom stereocenters. The minimum Gasteiger partial charge on any atom is -0.298 e. The summed E-state index contributed by atoms with van der Waals surface area (Å²) in [5.41, 5.74) is 2.47. The van der Waals surface area contributed by atoms with Gasteiger partial charge in [-0.1, -0.05) is 29.0 Å². The van der Waals surface area contributed by atoms with Crippen molar-refractivity contribution >= 4 is 22.4 Å². The molecule has 4 rings (SSSR count). The number of carbonyl (C=O) groups is 1. The maximum atomic E-state index is 12.4. The van der Waals surface area contributed by atoms with Crippen molar-refractivity contribution in [1.82, 2.24) is 19.7 Å². The standard InChI is InChI=1S/C18H14N5OS/c1-12-6-8-14(9-7-12)16(24)22-18-21-15(13-4-2-3-5-13)17(25-18)23-11-19-10-20-23/h2-11H,1H3,(H,21,22,24). The van der Waals surface area contributed by atoms with Gasteiger partial charge in [0.15, 0.2) is 5.13 Å². The van der Waals surface area contributed by atoms with E-state index in [2.05, 4.69) is 20.4 Å². The highest BCUT2D eigenvalue weighted by molar-refractivity contribution is 7.18. The summed E-state index contributed by atoms with van der Waals surface area (Å²) in [5, 5.41) is 8.38. The first kappa shape index (κ1) is 16.0. The Bertz CT molecular complexity index is 864. The zero-order chi connectivity index (χ0) is 17.2. The molecule has 0 spiro atoms. The van der Waals surface area contributed by atoms with E-state index in [1.54, 1.807) is 23.1 Å². The molecule has 1 aliphatic rings. The minimum atomic E-state index is -0.187. The summed E-state index contributed by atoms with van der Waals surface area (Å²) >= 11 is 1.36. The number of amides is 1. The molecule has 0 bridgehead atoms. The molecule has 1 fully saturated rings. The van der Waals surface area contributed by atoms with Crippen molar-refractivity contribution < 1.29 is 4.79 Å². The molecule has 2 heterocycles. The van der Waals surface area contributed by atoms with Gasteiger partial charge in [-0.25, -0.2) is 14.6 Å². The van der Waals surface area contributed by atoms with Crippen molar-refractivity contribution in [3.8, 4) is 5.00 Å². The normalized spacial score (nSPS) is 14.8. The van der Waals surface area contributed by atoms with Crippen LogP contribution in [0.25, 0.3) is 5.00 Å². The molecule has 1 aromatic carbocycles. The van der Waals surface area contributed by atoms with Crippen molar-refractivity contribution in [1.29, 1.82) is 0 Å². The van der Waals surface area contributed by atoms with Crippen molar-refractivity contribution in [3.63, 3.8) is 0 Å². The van der Waals surface area contributed by atoms with E-state index >= 15 is 0 Å². The van der Waals surface area contributed by atoms with Gasteiger partial charge in [-0.05, 0) is 44.7 Å². The third-order valence-corrected chi connectivity index (χ3v) is 4.67. The van der Waals surface area contributed by atoms with Gasteiger partial charge in [0, 0.05) is 11.5 Å². The zero-order valence-electron chi connectivity index (χ0n) is 13.4. The molecule has 1 amide bonds. The van der Waals surface area contributed by atoms with E-state index < -0.39 is 0 Å². The predicted molar refractivity (Wildman–Crippen MR) is 95.7 cm³/mol. The van der Waals surface area contributed by atoms with E-state index in [1.165, 1.54) is 17.7 Å². The number of aromatic nitrogens is 4. The second-order valence-corrected chi connectivity index (χ2v) is 6.48. The Morgan fingerprint density at radius 3 is 2.60 bits per heavy atom. The Kier molecular flexibility index (Phi) is 4.31. The molecule has 5 radical (unpaired) electrons. The van der Waals surface area contributed by atoms with Crippen molar-refractivity contribution in [2.24, 2.45) is 0 Å². The first-order chi connectivity index (χ1) is 12.2. The summed E-state index contributed by atoms with van der Waals surface area (Å²) < 4.78 is 1.65. The Balaban J connectivity index is 1.62. The van der Waals surface area contributed by atoms with Crippen LogP contribution >= 0.6 is 11.3 Å². The van der Waals surface area contributed by atoms with Crippen molar-refractivity contribution in [2.75, 3.05) is 5.32 Å². The molecule has 2 aromatic heterocycles. The number of nitrogens with one attached hydrogen (secondary N) is 1. The quantitative estimate of drug-likeness (QED) is 0.786. The molecule has 25 heavy (non-hydrogen) atoms. The van der Waals surface area contributed by atoms with Crippen LogP contribution in [0.1, 0.15) is 21.6 Å². The number of rotatable bonds is 4. The summed E-state index contributed by atoms with van der Waals surface area (Å²) in [6, 6.07) is 7.42. The average molecular weight is 348 g/mol. The van der Waals surface area contributed by atoms with E-state index in [9.17, 15) is 4.79 Å². The zero-order valence-corrected chi connectivity index (χ0v) is 14.2. The van der Waals surface area contributed by atoms with Crippen LogP contribution in [-0.4, -0.2) is 25.7 Å². The van der Waals surface area contributed by atoms with Gasteiger partial charge in [0.25, 0.3) is 5.91 Å². The molecular formula is C18H14N5OS. The fourth-order valence-electron chi connectivity index (χ4n) is 2.43. The second-order valence-electron chi connectivity index (χ2n) is 5.51. The molecule has 3 aromatic rings. The molecule has 1 N–H and O–H groups in total. The molecule has 6 nitrogen and oxygen atoms in total. The fourth-order valence-corrected chi connectivity index (χ4v) is 3.34. The summed E-state index contributed by atoms with van der Waals surface area (Å²) in [5.74, 6) is 0.783. The lowest BCUT2D eigenvalue weighted by molar-refractivity contribution is 0.102. The van der Waals surface area contributed by atoms with Gasteiger partial charge in [0.2, 0.25) is 0 Å². The second kappa shape index (κ2) is 6.76. The van der Waals surface area contributed by atoms with Gasteiger partial charge in [-0.2, -0.15) is 5.10 Å². The van der Waals surface area contributed by atoms with Gasteiger partial charge in [0.05, 0.1) is 5.69 Å². The van der Waals surface area contributed by atoms with Crippen LogP contribution in [0.4, 0.5) is 5.13 Å². The fraction of sp³-hybridized carbons (Fsp3) is 0.0556. The highest BCUT2D eigenvalue weighted by Gasteiger charge is 2.27. The average Bonchev–Trinajstić information content (AvgIpc) is 3.36. The maximum Gasteiger partial charge on any atom is 0.257 e. The van der Waals surface area contributed by atoms with Crippen LogP contribution in [0, 0.1) is 38.5 Å². The number of carbonyl (C=O) groups excluding carboxylic acids is 1. The van der Waals surface area contributed by atoms with Crippen LogP contribution in [0.15, 0.2) is 36.9 Å². The molecule has 0 atom stereocenters. The summed E-state index contributed by atoms with van der Waals surface area (Å²) in [6.45, 7) is 1.99. The number of anilines is 1. The first-order valence-electron chi connectivity index (χ1n) is 7.66. The molecule has 1 saturated carbocycles. The topological polar surface area (TPSA) is 72.7 Å². The van der Waals surface area contributed by atoms with Gasteiger partial charge < -0.3 is 0 Å². The lowest BCUT2D eigenvalue weighted by Gasteiger charge is -2.06. The molecule has 123 valence electrons. The Morgan fingerprint density at radius 2 is 1.92 bits per heavy atom. The van der Waals surface area contributed by atoms with E-state index in [4.69, 9.17) is 0 Å². The van der Waals surface area contributed by atoms with E-state index in [0.717, 1.165) is 22.2 Å². The third kappa shape index (κ3) is 3.32. The SMILES string of the molecule is Cc1ccc(C(=O)Nc2nc([C]3[CH][CH][CH][CH]3)c(-n3cncn3)s2)cc1. The van der Waals surface area contributed by atoms with Gasteiger partial charge in [-0.15, -0.1) is 0 Å². The van der Waals surface area contributed by atoms with E-state index in [1.807, 2.05) is 44.7 Å². The van der Waals surface area contributed by atoms with Crippen LogP contribution in [0.5, 0.6) is 0 Å². The number of thiazole rings is 1. The summed E-state index contributed by atoms with van der Waals surface area (Å²) in [4.78, 5) is 21.0. The van der Waals surface area contributed by atoms with Gasteiger partial charge in [0.1, 0.15) is 17.7 Å². The van der Waals surface area contributed by atoms with Crippen LogP contribution < -0.4 is 5.32 Å². The van der Waals surface area contributed by atoms with Gasteiger partial charge >= 0.3 is 0 Å². The monoisotopic (exact) mass is 348 g/mol. The molecule has 1 aliphatic carbocycles. The smallest absolute Gasteiger partial charge is 0.257 e. The Labute approximate surface area is 149 Å². The Hall–Kier alpha value is -2.54. The molecular weight excluding hydrogens is 334 g/mol.